The molecule has 1 fully saturated rings. The van der Waals surface area contributed by atoms with E-state index in [4.69, 9.17) is 0 Å². The Balaban J connectivity index is 1.29. The third kappa shape index (κ3) is 4.75. The molecule has 1 aliphatic rings. The normalized spacial score (nSPS) is 15.1. The van der Waals surface area contributed by atoms with E-state index in [0.717, 1.165) is 48.8 Å². The van der Waals surface area contributed by atoms with Crippen molar-refractivity contribution in [1.82, 2.24) is 24.9 Å². The molecule has 3 aromatic rings. The summed E-state index contributed by atoms with van der Waals surface area (Å²) in [6.07, 6.45) is 5.89. The molecule has 30 heavy (non-hydrogen) atoms. The molecule has 1 saturated heterocycles. The van der Waals surface area contributed by atoms with Gasteiger partial charge in [-0.1, -0.05) is 26.0 Å². The number of benzene rings is 1. The second kappa shape index (κ2) is 9.04. The molecule has 4 rings (SSSR count). The molecule has 0 atom stereocenters. The molecule has 1 aliphatic heterocycles. The van der Waals surface area contributed by atoms with Crippen molar-refractivity contribution in [2.75, 3.05) is 18.0 Å². The summed E-state index contributed by atoms with van der Waals surface area (Å²) in [4.78, 5) is 20.5. The highest BCUT2D eigenvalue weighted by molar-refractivity contribution is 7.99. The van der Waals surface area contributed by atoms with E-state index in [1.165, 1.54) is 4.90 Å². The van der Waals surface area contributed by atoms with Crippen LogP contribution in [0.25, 0.3) is 5.65 Å². The predicted molar refractivity (Wildman–Crippen MR) is 120 cm³/mol. The van der Waals surface area contributed by atoms with Crippen LogP contribution in [0.3, 0.4) is 0 Å². The van der Waals surface area contributed by atoms with Crippen molar-refractivity contribution in [3.05, 3.63) is 48.0 Å². The third-order valence-electron chi connectivity index (χ3n) is 5.30. The highest BCUT2D eigenvalue weighted by Gasteiger charge is 2.23. The quantitative estimate of drug-likeness (QED) is 0.612. The van der Waals surface area contributed by atoms with Crippen LogP contribution in [0.2, 0.25) is 0 Å². The summed E-state index contributed by atoms with van der Waals surface area (Å²) in [5, 5.41) is 12.2. The number of hydrogen-bond donors (Lipinski definition) is 1. The minimum absolute atomic E-state index is 0.0889. The number of aromatic nitrogens is 4. The summed E-state index contributed by atoms with van der Waals surface area (Å²) in [5.74, 6) is 1.81. The van der Waals surface area contributed by atoms with Crippen LogP contribution in [0, 0.1) is 6.92 Å². The van der Waals surface area contributed by atoms with Crippen molar-refractivity contribution in [2.24, 2.45) is 0 Å². The van der Waals surface area contributed by atoms with Gasteiger partial charge in [-0.15, -0.1) is 22.0 Å². The van der Waals surface area contributed by atoms with Gasteiger partial charge in [0.05, 0.1) is 6.42 Å². The molecule has 1 amide bonds. The first-order valence-corrected chi connectivity index (χ1v) is 11.3. The number of anilines is 1. The summed E-state index contributed by atoms with van der Waals surface area (Å²) in [7, 11) is 0. The Morgan fingerprint density at radius 2 is 1.93 bits per heavy atom. The Morgan fingerprint density at radius 3 is 2.63 bits per heavy atom. The number of piperidine rings is 1. The number of rotatable bonds is 6. The van der Waals surface area contributed by atoms with Crippen molar-refractivity contribution in [1.29, 1.82) is 0 Å². The fraction of sp³-hybridized carbons (Fsp3) is 0.455. The van der Waals surface area contributed by atoms with Crippen LogP contribution in [0.15, 0.2) is 41.6 Å². The maximum absolute atomic E-state index is 12.5. The van der Waals surface area contributed by atoms with Crippen molar-refractivity contribution in [2.45, 2.75) is 56.2 Å². The Kier molecular flexibility index (Phi) is 6.22. The largest absolute Gasteiger partial charge is 0.353 e. The van der Waals surface area contributed by atoms with Gasteiger partial charge in [-0.3, -0.25) is 9.20 Å². The Bertz CT molecular complexity index is 1010. The molecule has 0 unspecified atom stereocenters. The van der Waals surface area contributed by atoms with Crippen LogP contribution in [-0.2, 0) is 11.2 Å². The highest BCUT2D eigenvalue weighted by Crippen LogP contribution is 2.24. The molecule has 0 saturated carbocycles. The lowest BCUT2D eigenvalue weighted by Crippen LogP contribution is -2.45. The van der Waals surface area contributed by atoms with Crippen LogP contribution in [-0.4, -0.2) is 49.9 Å². The minimum Gasteiger partial charge on any atom is -0.353 e. The first kappa shape index (κ1) is 20.7. The zero-order chi connectivity index (χ0) is 21.1. The molecule has 0 spiro atoms. The number of carbonyl (C=O) groups excluding carboxylic acids is 1. The summed E-state index contributed by atoms with van der Waals surface area (Å²) >= 11 is 1.83. The molecule has 8 heteroatoms. The van der Waals surface area contributed by atoms with E-state index in [1.807, 2.05) is 29.3 Å². The number of nitrogens with zero attached hydrogens (tertiary/aromatic N) is 5. The number of hydrogen-bond acceptors (Lipinski definition) is 6. The zero-order valence-corrected chi connectivity index (χ0v) is 18.5. The lowest BCUT2D eigenvalue weighted by atomic mass is 10.0. The second-order valence-corrected chi connectivity index (χ2v) is 9.66. The summed E-state index contributed by atoms with van der Waals surface area (Å²) in [6.45, 7) is 7.97. The van der Waals surface area contributed by atoms with Crippen molar-refractivity contribution >= 4 is 29.1 Å². The van der Waals surface area contributed by atoms with E-state index in [1.54, 1.807) is 6.20 Å². The smallest absolute Gasteiger partial charge is 0.224 e. The Morgan fingerprint density at radius 1 is 1.20 bits per heavy atom. The van der Waals surface area contributed by atoms with Gasteiger partial charge in [-0.05, 0) is 37.5 Å². The number of carbonyl (C=O) groups is 1. The van der Waals surface area contributed by atoms with Gasteiger partial charge in [0.1, 0.15) is 5.82 Å². The fourth-order valence-corrected chi connectivity index (χ4v) is 4.65. The molecule has 158 valence electrons. The lowest BCUT2D eigenvalue weighted by molar-refractivity contribution is -0.121. The average molecular weight is 425 g/mol. The maximum atomic E-state index is 12.5. The molecule has 0 bridgehead atoms. The van der Waals surface area contributed by atoms with Gasteiger partial charge in [0.25, 0.3) is 0 Å². The van der Waals surface area contributed by atoms with E-state index in [-0.39, 0.29) is 11.9 Å². The maximum Gasteiger partial charge on any atom is 0.224 e. The Labute approximate surface area is 181 Å². The molecule has 1 aromatic carbocycles. The fourth-order valence-electron chi connectivity index (χ4n) is 3.81. The SMILES string of the molecule is Cc1nnc2c(N3CCC(NC(=O)Cc4ccc(SC(C)C)cc4)CC3)nccn12. The minimum atomic E-state index is 0.0889. The number of fused-ring (bicyclic) bond motifs is 1. The topological polar surface area (TPSA) is 75.4 Å². The van der Waals surface area contributed by atoms with Crippen LogP contribution in [0.1, 0.15) is 38.1 Å². The number of amides is 1. The first-order valence-electron chi connectivity index (χ1n) is 10.5. The molecule has 0 radical (unpaired) electrons. The predicted octanol–water partition coefficient (Wildman–Crippen LogP) is 3.26. The van der Waals surface area contributed by atoms with Gasteiger partial charge in [0.2, 0.25) is 11.6 Å². The lowest BCUT2D eigenvalue weighted by Gasteiger charge is -2.33. The summed E-state index contributed by atoms with van der Waals surface area (Å²) in [5.41, 5.74) is 1.84. The Hall–Kier alpha value is -2.61. The van der Waals surface area contributed by atoms with E-state index in [0.29, 0.717) is 11.7 Å². The van der Waals surface area contributed by atoms with Crippen LogP contribution in [0.5, 0.6) is 0 Å². The number of nitrogens with one attached hydrogen (secondary N) is 1. The molecular weight excluding hydrogens is 396 g/mol. The van der Waals surface area contributed by atoms with Gasteiger partial charge in [-0.25, -0.2) is 4.98 Å². The van der Waals surface area contributed by atoms with Gasteiger partial charge < -0.3 is 10.2 Å². The summed E-state index contributed by atoms with van der Waals surface area (Å²) < 4.78 is 1.96. The molecular formula is C22H28N6OS. The molecule has 7 nitrogen and oxygen atoms in total. The van der Waals surface area contributed by atoms with Gasteiger partial charge in [-0.2, -0.15) is 0 Å². The van der Waals surface area contributed by atoms with Gasteiger partial charge in [0, 0.05) is 41.7 Å². The van der Waals surface area contributed by atoms with E-state index < -0.39 is 0 Å². The number of thioether (sulfide) groups is 1. The summed E-state index contributed by atoms with van der Waals surface area (Å²) in [6, 6.07) is 8.51. The molecule has 2 aromatic heterocycles. The van der Waals surface area contributed by atoms with E-state index >= 15 is 0 Å². The average Bonchev–Trinajstić information content (AvgIpc) is 3.11. The zero-order valence-electron chi connectivity index (χ0n) is 17.7. The third-order valence-corrected chi connectivity index (χ3v) is 6.31. The van der Waals surface area contributed by atoms with Gasteiger partial charge in [0.15, 0.2) is 5.82 Å². The van der Waals surface area contributed by atoms with Crippen molar-refractivity contribution in [3.8, 4) is 0 Å². The molecule has 0 aliphatic carbocycles. The van der Waals surface area contributed by atoms with Crippen molar-refractivity contribution in [3.63, 3.8) is 0 Å². The highest BCUT2D eigenvalue weighted by atomic mass is 32.2. The van der Waals surface area contributed by atoms with E-state index in [9.17, 15) is 4.79 Å². The molecule has 3 heterocycles. The standard InChI is InChI=1S/C22H28N6OS/c1-15(2)30-19-6-4-17(5-7-19)14-20(29)24-18-8-11-27(12-9-18)21-22-26-25-16(3)28(22)13-10-23-21/h4-7,10,13,15,18H,8-9,11-12,14H2,1-3H3,(H,24,29). The van der Waals surface area contributed by atoms with Crippen molar-refractivity contribution < 1.29 is 4.79 Å². The van der Waals surface area contributed by atoms with Crippen LogP contribution in [0.4, 0.5) is 5.82 Å². The van der Waals surface area contributed by atoms with Crippen LogP contribution >= 0.6 is 11.8 Å². The monoisotopic (exact) mass is 424 g/mol. The van der Waals surface area contributed by atoms with Gasteiger partial charge >= 0.3 is 0 Å². The molecule has 1 N–H and O–H groups in total. The van der Waals surface area contributed by atoms with E-state index in [2.05, 4.69) is 63.5 Å². The first-order chi connectivity index (χ1) is 14.5. The van der Waals surface area contributed by atoms with Crippen LogP contribution < -0.4 is 10.2 Å². The second-order valence-electron chi connectivity index (χ2n) is 8.01. The number of aryl methyl sites for hydroxylation is 1.